The summed E-state index contributed by atoms with van der Waals surface area (Å²) >= 11 is 0. The zero-order chi connectivity index (χ0) is 15.5. The van der Waals surface area contributed by atoms with Crippen LogP contribution in [0.4, 0.5) is 18.0 Å². The Labute approximate surface area is 122 Å². The number of halogens is 3. The van der Waals surface area contributed by atoms with E-state index in [4.69, 9.17) is 0 Å². The number of nitrogens with zero attached hydrogens (tertiary/aromatic N) is 1. The summed E-state index contributed by atoms with van der Waals surface area (Å²) in [6, 6.07) is 4.91. The number of alkyl halides is 3. The molecule has 1 fully saturated rings. The van der Waals surface area contributed by atoms with E-state index in [1.165, 1.54) is 12.1 Å². The zero-order valence-electron chi connectivity index (χ0n) is 11.9. The van der Waals surface area contributed by atoms with E-state index in [1.807, 2.05) is 6.92 Å². The van der Waals surface area contributed by atoms with E-state index in [1.54, 1.807) is 4.90 Å². The van der Waals surface area contributed by atoms with Gasteiger partial charge >= 0.3 is 12.2 Å². The predicted molar refractivity (Wildman–Crippen MR) is 73.7 cm³/mol. The van der Waals surface area contributed by atoms with E-state index < -0.39 is 11.7 Å². The SMILES string of the molecule is CC1CCCCN1C(=O)NCc1ccc(C(F)(F)F)cc1. The van der Waals surface area contributed by atoms with Gasteiger partial charge in [0.2, 0.25) is 0 Å². The first-order valence-corrected chi connectivity index (χ1v) is 7.08. The minimum Gasteiger partial charge on any atom is -0.334 e. The number of rotatable bonds is 2. The van der Waals surface area contributed by atoms with Crippen LogP contribution in [0.1, 0.15) is 37.3 Å². The average molecular weight is 300 g/mol. The summed E-state index contributed by atoms with van der Waals surface area (Å²) < 4.78 is 37.3. The van der Waals surface area contributed by atoms with Crippen molar-refractivity contribution in [1.82, 2.24) is 10.2 Å². The number of likely N-dealkylation sites (tertiary alicyclic amines) is 1. The first-order chi connectivity index (χ1) is 9.88. The van der Waals surface area contributed by atoms with Crippen molar-refractivity contribution in [3.05, 3.63) is 35.4 Å². The molecule has 1 aliphatic rings. The van der Waals surface area contributed by atoms with Crippen LogP contribution in [0.25, 0.3) is 0 Å². The lowest BCUT2D eigenvalue weighted by atomic mass is 10.0. The van der Waals surface area contributed by atoms with Crippen molar-refractivity contribution in [3.63, 3.8) is 0 Å². The number of carbonyl (C=O) groups is 1. The van der Waals surface area contributed by atoms with Crippen molar-refractivity contribution in [2.75, 3.05) is 6.54 Å². The van der Waals surface area contributed by atoms with Crippen LogP contribution in [-0.2, 0) is 12.7 Å². The Hall–Kier alpha value is -1.72. The topological polar surface area (TPSA) is 32.3 Å². The Bertz CT molecular complexity index is 485. The smallest absolute Gasteiger partial charge is 0.334 e. The Morgan fingerprint density at radius 1 is 1.29 bits per heavy atom. The second-order valence-electron chi connectivity index (χ2n) is 5.39. The summed E-state index contributed by atoms with van der Waals surface area (Å²) in [4.78, 5) is 13.8. The van der Waals surface area contributed by atoms with E-state index in [-0.39, 0.29) is 18.6 Å². The molecular weight excluding hydrogens is 281 g/mol. The fourth-order valence-corrected chi connectivity index (χ4v) is 2.49. The zero-order valence-corrected chi connectivity index (χ0v) is 11.9. The Kier molecular flexibility index (Phi) is 4.75. The number of amides is 2. The van der Waals surface area contributed by atoms with Gasteiger partial charge in [0.25, 0.3) is 0 Å². The van der Waals surface area contributed by atoms with Crippen LogP contribution in [0.5, 0.6) is 0 Å². The van der Waals surface area contributed by atoms with Gasteiger partial charge < -0.3 is 10.2 Å². The highest BCUT2D eigenvalue weighted by molar-refractivity contribution is 5.74. The van der Waals surface area contributed by atoms with E-state index in [2.05, 4.69) is 5.32 Å². The van der Waals surface area contributed by atoms with Gasteiger partial charge in [0, 0.05) is 19.1 Å². The summed E-state index contributed by atoms with van der Waals surface area (Å²) in [5, 5.41) is 2.76. The molecular formula is C15H19F3N2O. The van der Waals surface area contributed by atoms with Crippen LogP contribution >= 0.6 is 0 Å². The molecule has 0 radical (unpaired) electrons. The predicted octanol–water partition coefficient (Wildman–Crippen LogP) is 3.79. The fourth-order valence-electron chi connectivity index (χ4n) is 2.49. The molecule has 1 atom stereocenters. The van der Waals surface area contributed by atoms with Gasteiger partial charge in [0.1, 0.15) is 0 Å². The molecule has 21 heavy (non-hydrogen) atoms. The van der Waals surface area contributed by atoms with Gasteiger partial charge in [-0.15, -0.1) is 0 Å². The molecule has 1 unspecified atom stereocenters. The molecule has 1 aliphatic heterocycles. The molecule has 3 nitrogen and oxygen atoms in total. The second kappa shape index (κ2) is 6.37. The number of hydrogen-bond donors (Lipinski definition) is 1. The summed E-state index contributed by atoms with van der Waals surface area (Å²) in [5.41, 5.74) is -0.0248. The lowest BCUT2D eigenvalue weighted by Crippen LogP contribution is -2.47. The second-order valence-corrected chi connectivity index (χ2v) is 5.39. The minimum absolute atomic E-state index is 0.151. The minimum atomic E-state index is -4.33. The van der Waals surface area contributed by atoms with Gasteiger partial charge in [-0.1, -0.05) is 12.1 Å². The molecule has 0 aromatic heterocycles. The van der Waals surface area contributed by atoms with E-state index in [9.17, 15) is 18.0 Å². The average Bonchev–Trinajstić information content (AvgIpc) is 2.45. The first-order valence-electron chi connectivity index (χ1n) is 7.08. The van der Waals surface area contributed by atoms with Gasteiger partial charge in [-0.25, -0.2) is 4.79 Å². The number of nitrogens with one attached hydrogen (secondary N) is 1. The fraction of sp³-hybridized carbons (Fsp3) is 0.533. The van der Waals surface area contributed by atoms with Crippen molar-refractivity contribution < 1.29 is 18.0 Å². The normalized spacial score (nSPS) is 19.4. The number of hydrogen-bond acceptors (Lipinski definition) is 1. The van der Waals surface area contributed by atoms with Gasteiger partial charge in [0.15, 0.2) is 0 Å². The summed E-state index contributed by atoms with van der Waals surface area (Å²) in [7, 11) is 0. The van der Waals surface area contributed by atoms with Crippen LogP contribution in [-0.4, -0.2) is 23.5 Å². The molecule has 6 heteroatoms. The first kappa shape index (κ1) is 15.7. The van der Waals surface area contributed by atoms with Gasteiger partial charge in [0.05, 0.1) is 5.56 Å². The highest BCUT2D eigenvalue weighted by atomic mass is 19.4. The van der Waals surface area contributed by atoms with Gasteiger partial charge in [-0.3, -0.25) is 0 Å². The molecule has 0 saturated carbocycles. The molecule has 0 spiro atoms. The number of urea groups is 1. The van der Waals surface area contributed by atoms with Crippen LogP contribution in [0, 0.1) is 0 Å². The molecule has 1 N–H and O–H groups in total. The van der Waals surface area contributed by atoms with Crippen LogP contribution in [0.2, 0.25) is 0 Å². The lowest BCUT2D eigenvalue weighted by Gasteiger charge is -2.33. The quantitative estimate of drug-likeness (QED) is 0.885. The number of benzene rings is 1. The Morgan fingerprint density at radius 3 is 2.52 bits per heavy atom. The molecule has 1 aromatic rings. The molecule has 0 bridgehead atoms. The maximum absolute atomic E-state index is 12.4. The Balaban J connectivity index is 1.89. The van der Waals surface area contributed by atoms with E-state index >= 15 is 0 Å². The van der Waals surface area contributed by atoms with Crippen LogP contribution < -0.4 is 5.32 Å². The third kappa shape index (κ3) is 4.12. The number of carbonyl (C=O) groups excluding carboxylic acids is 1. The third-order valence-electron chi connectivity index (χ3n) is 3.79. The number of piperidine rings is 1. The van der Waals surface area contributed by atoms with Gasteiger partial charge in [-0.05, 0) is 43.9 Å². The third-order valence-corrected chi connectivity index (χ3v) is 3.79. The van der Waals surface area contributed by atoms with Crippen molar-refractivity contribution >= 4 is 6.03 Å². The molecule has 1 aromatic carbocycles. The van der Waals surface area contributed by atoms with Crippen molar-refractivity contribution in [1.29, 1.82) is 0 Å². The summed E-state index contributed by atoms with van der Waals surface area (Å²) in [6.07, 6.45) is -1.21. The largest absolute Gasteiger partial charge is 0.416 e. The van der Waals surface area contributed by atoms with E-state index in [0.29, 0.717) is 5.56 Å². The highest BCUT2D eigenvalue weighted by Gasteiger charge is 2.30. The molecule has 1 saturated heterocycles. The highest BCUT2D eigenvalue weighted by Crippen LogP contribution is 2.29. The standard InChI is InChI=1S/C15H19F3N2O/c1-11-4-2-3-9-20(11)14(21)19-10-12-5-7-13(8-6-12)15(16,17)18/h5-8,11H,2-4,9-10H2,1H3,(H,19,21). The maximum Gasteiger partial charge on any atom is 0.416 e. The monoisotopic (exact) mass is 300 g/mol. The lowest BCUT2D eigenvalue weighted by molar-refractivity contribution is -0.137. The van der Waals surface area contributed by atoms with E-state index in [0.717, 1.165) is 37.9 Å². The molecule has 1 heterocycles. The maximum atomic E-state index is 12.4. The molecule has 2 rings (SSSR count). The van der Waals surface area contributed by atoms with Crippen LogP contribution in [0.15, 0.2) is 24.3 Å². The molecule has 116 valence electrons. The van der Waals surface area contributed by atoms with Crippen LogP contribution in [0.3, 0.4) is 0 Å². The summed E-state index contributed by atoms with van der Waals surface area (Å²) in [6.45, 7) is 2.98. The van der Waals surface area contributed by atoms with Crippen molar-refractivity contribution in [2.45, 2.75) is 44.9 Å². The molecule has 2 amide bonds. The van der Waals surface area contributed by atoms with Crippen molar-refractivity contribution in [2.24, 2.45) is 0 Å². The van der Waals surface area contributed by atoms with Crippen molar-refractivity contribution in [3.8, 4) is 0 Å². The van der Waals surface area contributed by atoms with Gasteiger partial charge in [-0.2, -0.15) is 13.2 Å². The Morgan fingerprint density at radius 2 is 1.95 bits per heavy atom. The molecule has 0 aliphatic carbocycles. The summed E-state index contributed by atoms with van der Waals surface area (Å²) in [5.74, 6) is 0.